The summed E-state index contributed by atoms with van der Waals surface area (Å²) in [4.78, 5) is 11.4. The molecule has 0 aliphatic heterocycles. The highest BCUT2D eigenvalue weighted by Gasteiger charge is 1.99. The topological polar surface area (TPSA) is 41.1 Å². The number of hydrogen-bond donors (Lipinski definition) is 2. The average molecular weight is 248 g/mol. The molecule has 0 fully saturated rings. The second kappa shape index (κ2) is 8.70. The van der Waals surface area contributed by atoms with E-state index in [-0.39, 0.29) is 5.91 Å². The fourth-order valence-electron chi connectivity index (χ4n) is 1.81. The number of aryl methyl sites for hydroxylation is 1. The maximum Gasteiger partial charge on any atom is 0.233 e. The van der Waals surface area contributed by atoms with Crippen molar-refractivity contribution in [2.75, 3.05) is 19.6 Å². The molecule has 100 valence electrons. The van der Waals surface area contributed by atoms with Crippen molar-refractivity contribution in [3.8, 4) is 0 Å². The van der Waals surface area contributed by atoms with Crippen LogP contribution < -0.4 is 10.6 Å². The molecule has 0 spiro atoms. The Kier molecular flexibility index (Phi) is 7.11. The molecule has 1 rings (SSSR count). The van der Waals surface area contributed by atoms with E-state index in [2.05, 4.69) is 41.8 Å². The molecule has 2 N–H and O–H groups in total. The first-order valence-corrected chi connectivity index (χ1v) is 6.81. The van der Waals surface area contributed by atoms with E-state index in [0.717, 1.165) is 19.4 Å². The molecule has 1 aromatic carbocycles. The van der Waals surface area contributed by atoms with E-state index in [4.69, 9.17) is 0 Å². The van der Waals surface area contributed by atoms with Gasteiger partial charge in [0.2, 0.25) is 5.91 Å². The lowest BCUT2D eigenvalue weighted by atomic mass is 10.1. The highest BCUT2D eigenvalue weighted by molar-refractivity contribution is 5.77. The molecule has 1 aromatic rings. The van der Waals surface area contributed by atoms with Gasteiger partial charge in [-0.05, 0) is 30.5 Å². The van der Waals surface area contributed by atoms with Gasteiger partial charge in [0.25, 0.3) is 0 Å². The fraction of sp³-hybridized carbons (Fsp3) is 0.533. The van der Waals surface area contributed by atoms with Crippen LogP contribution >= 0.6 is 0 Å². The van der Waals surface area contributed by atoms with Crippen molar-refractivity contribution in [1.82, 2.24) is 10.6 Å². The van der Waals surface area contributed by atoms with Gasteiger partial charge in [0, 0.05) is 6.54 Å². The van der Waals surface area contributed by atoms with Gasteiger partial charge in [-0.3, -0.25) is 4.79 Å². The molecule has 0 aliphatic carbocycles. The lowest BCUT2D eigenvalue weighted by Gasteiger charge is -2.06. The number of benzene rings is 1. The average Bonchev–Trinajstić information content (AvgIpc) is 2.39. The summed E-state index contributed by atoms with van der Waals surface area (Å²) < 4.78 is 0. The Labute approximate surface area is 110 Å². The molecule has 0 heterocycles. The molecular formula is C15H24N2O. The largest absolute Gasteiger partial charge is 0.355 e. The van der Waals surface area contributed by atoms with Crippen LogP contribution in [0.4, 0.5) is 0 Å². The van der Waals surface area contributed by atoms with Crippen LogP contribution in [0.15, 0.2) is 24.3 Å². The van der Waals surface area contributed by atoms with Crippen LogP contribution in [-0.2, 0) is 17.6 Å². The number of carbonyl (C=O) groups excluding carboxylic acids is 1. The highest BCUT2D eigenvalue weighted by atomic mass is 16.1. The van der Waals surface area contributed by atoms with Crippen LogP contribution in [0.5, 0.6) is 0 Å². The second-order valence-electron chi connectivity index (χ2n) is 4.45. The number of carbonyl (C=O) groups is 1. The third-order valence-electron chi connectivity index (χ3n) is 2.83. The summed E-state index contributed by atoms with van der Waals surface area (Å²) in [7, 11) is 0. The van der Waals surface area contributed by atoms with E-state index in [1.807, 2.05) is 6.92 Å². The van der Waals surface area contributed by atoms with Gasteiger partial charge >= 0.3 is 0 Å². The molecule has 0 unspecified atom stereocenters. The Balaban J connectivity index is 2.24. The van der Waals surface area contributed by atoms with Gasteiger partial charge in [0.1, 0.15) is 0 Å². The quantitative estimate of drug-likeness (QED) is 0.738. The minimum Gasteiger partial charge on any atom is -0.355 e. The molecule has 0 atom stereocenters. The lowest BCUT2D eigenvalue weighted by Crippen LogP contribution is -2.34. The van der Waals surface area contributed by atoms with Gasteiger partial charge in [0.05, 0.1) is 6.54 Å². The molecule has 18 heavy (non-hydrogen) atoms. The standard InChI is InChI=1S/C15H24N2O/c1-3-5-13-6-8-14(9-7-13)10-11-17-15(18)12-16-4-2/h6-9,16H,3-5,10-12H2,1-2H3,(H,17,18). The van der Waals surface area contributed by atoms with Crippen LogP contribution in [0.25, 0.3) is 0 Å². The Morgan fingerprint density at radius 1 is 1.06 bits per heavy atom. The third-order valence-corrected chi connectivity index (χ3v) is 2.83. The predicted octanol–water partition coefficient (Wildman–Crippen LogP) is 1.91. The maximum atomic E-state index is 11.4. The van der Waals surface area contributed by atoms with Crippen LogP contribution in [0.3, 0.4) is 0 Å². The summed E-state index contributed by atoms with van der Waals surface area (Å²) in [6.07, 6.45) is 3.21. The van der Waals surface area contributed by atoms with Crippen LogP contribution in [0.2, 0.25) is 0 Å². The van der Waals surface area contributed by atoms with Gasteiger partial charge in [-0.25, -0.2) is 0 Å². The minimum atomic E-state index is 0.0689. The van der Waals surface area contributed by atoms with Crippen molar-refractivity contribution < 1.29 is 4.79 Å². The van der Waals surface area contributed by atoms with Crippen molar-refractivity contribution >= 4 is 5.91 Å². The Morgan fingerprint density at radius 2 is 1.67 bits per heavy atom. The SMILES string of the molecule is CCCc1ccc(CCNC(=O)CNCC)cc1. The normalized spacial score (nSPS) is 10.3. The number of amides is 1. The lowest BCUT2D eigenvalue weighted by molar-refractivity contribution is -0.120. The van der Waals surface area contributed by atoms with Crippen LogP contribution in [-0.4, -0.2) is 25.5 Å². The van der Waals surface area contributed by atoms with E-state index in [9.17, 15) is 4.79 Å². The van der Waals surface area contributed by atoms with E-state index >= 15 is 0 Å². The first-order valence-electron chi connectivity index (χ1n) is 6.81. The molecular weight excluding hydrogens is 224 g/mol. The molecule has 0 saturated heterocycles. The zero-order valence-corrected chi connectivity index (χ0v) is 11.5. The summed E-state index contributed by atoms with van der Waals surface area (Å²) in [5.41, 5.74) is 2.66. The molecule has 0 aliphatic rings. The predicted molar refractivity (Wildman–Crippen MR) is 75.7 cm³/mol. The number of rotatable bonds is 8. The van der Waals surface area contributed by atoms with E-state index in [0.29, 0.717) is 13.1 Å². The second-order valence-corrected chi connectivity index (χ2v) is 4.45. The Bertz CT molecular complexity index is 346. The van der Waals surface area contributed by atoms with Crippen LogP contribution in [0.1, 0.15) is 31.4 Å². The number of nitrogens with one attached hydrogen (secondary N) is 2. The van der Waals surface area contributed by atoms with E-state index in [1.165, 1.54) is 17.5 Å². The molecule has 1 amide bonds. The first kappa shape index (κ1) is 14.7. The summed E-state index contributed by atoms with van der Waals surface area (Å²) in [5.74, 6) is 0.0689. The summed E-state index contributed by atoms with van der Waals surface area (Å²) in [6.45, 7) is 6.12. The highest BCUT2D eigenvalue weighted by Crippen LogP contribution is 2.06. The summed E-state index contributed by atoms with van der Waals surface area (Å²) >= 11 is 0. The van der Waals surface area contributed by atoms with Crippen LogP contribution in [0, 0.1) is 0 Å². The molecule has 3 nitrogen and oxygen atoms in total. The molecule has 0 bridgehead atoms. The molecule has 3 heteroatoms. The number of hydrogen-bond acceptors (Lipinski definition) is 2. The Morgan fingerprint density at radius 3 is 2.22 bits per heavy atom. The van der Waals surface area contributed by atoms with Gasteiger partial charge < -0.3 is 10.6 Å². The Hall–Kier alpha value is -1.35. The zero-order chi connectivity index (χ0) is 13.2. The van der Waals surface area contributed by atoms with Crippen molar-refractivity contribution in [3.05, 3.63) is 35.4 Å². The third kappa shape index (κ3) is 5.82. The molecule has 0 saturated carbocycles. The summed E-state index contributed by atoms with van der Waals surface area (Å²) in [6, 6.07) is 8.67. The van der Waals surface area contributed by atoms with Crippen molar-refractivity contribution in [2.45, 2.75) is 33.1 Å². The van der Waals surface area contributed by atoms with Gasteiger partial charge in [-0.1, -0.05) is 44.5 Å². The first-order chi connectivity index (χ1) is 8.76. The van der Waals surface area contributed by atoms with Gasteiger partial charge in [-0.2, -0.15) is 0 Å². The fourth-order valence-corrected chi connectivity index (χ4v) is 1.81. The monoisotopic (exact) mass is 248 g/mol. The maximum absolute atomic E-state index is 11.4. The van der Waals surface area contributed by atoms with E-state index in [1.54, 1.807) is 0 Å². The van der Waals surface area contributed by atoms with Crippen molar-refractivity contribution in [2.24, 2.45) is 0 Å². The molecule has 0 aromatic heterocycles. The molecule has 0 radical (unpaired) electrons. The van der Waals surface area contributed by atoms with Gasteiger partial charge in [-0.15, -0.1) is 0 Å². The minimum absolute atomic E-state index is 0.0689. The van der Waals surface area contributed by atoms with Gasteiger partial charge in [0.15, 0.2) is 0 Å². The zero-order valence-electron chi connectivity index (χ0n) is 11.5. The smallest absolute Gasteiger partial charge is 0.233 e. The van der Waals surface area contributed by atoms with E-state index < -0.39 is 0 Å². The summed E-state index contributed by atoms with van der Waals surface area (Å²) in [5, 5.41) is 5.91. The van der Waals surface area contributed by atoms with Crippen molar-refractivity contribution in [1.29, 1.82) is 0 Å². The number of likely N-dealkylation sites (N-methyl/N-ethyl adjacent to an activating group) is 1. The van der Waals surface area contributed by atoms with Crippen molar-refractivity contribution in [3.63, 3.8) is 0 Å².